The normalized spacial score (nSPS) is 13.6. The van der Waals surface area contributed by atoms with Crippen LogP contribution in [0.15, 0.2) is 22.8 Å². The average molecular weight is 283 g/mol. The Morgan fingerprint density at radius 1 is 1.31 bits per heavy atom. The molecule has 0 amide bonds. The maximum absolute atomic E-state index is 9.86. The van der Waals surface area contributed by atoms with Crippen molar-refractivity contribution < 1.29 is 5.11 Å². The van der Waals surface area contributed by atoms with Crippen molar-refractivity contribution in [3.63, 3.8) is 0 Å². The lowest BCUT2D eigenvalue weighted by Gasteiger charge is -2.09. The van der Waals surface area contributed by atoms with Crippen molar-refractivity contribution in [2.45, 2.75) is 32.8 Å². The van der Waals surface area contributed by atoms with E-state index in [9.17, 15) is 5.11 Å². The molecule has 1 atom stereocenters. The van der Waals surface area contributed by atoms with E-state index < -0.39 is 6.10 Å². The number of rotatable bonds is 2. The lowest BCUT2D eigenvalue weighted by molar-refractivity contribution is 0.191. The quantitative estimate of drug-likeness (QED) is 0.918. The van der Waals surface area contributed by atoms with Crippen LogP contribution in [0.3, 0.4) is 0 Å². The number of halogens is 1. The zero-order valence-electron chi connectivity index (χ0n) is 9.61. The fraction of sp³-hybridized carbons (Fsp3) is 0.417. The van der Waals surface area contributed by atoms with E-state index in [0.29, 0.717) is 5.92 Å². The van der Waals surface area contributed by atoms with E-state index in [1.807, 2.05) is 22.7 Å². The number of imidazole rings is 1. The van der Waals surface area contributed by atoms with Crippen LogP contribution in [0.1, 0.15) is 44.2 Å². The minimum absolute atomic E-state index is 0.309. The second kappa shape index (κ2) is 4.18. The summed E-state index contributed by atoms with van der Waals surface area (Å²) in [4.78, 5) is 4.56. The summed E-state index contributed by atoms with van der Waals surface area (Å²) < 4.78 is 2.93. The molecule has 4 heteroatoms. The lowest BCUT2D eigenvalue weighted by atomic mass is 10.1. The number of aliphatic hydroxyl groups excluding tert-OH is 1. The molecule has 2 aromatic rings. The first-order valence-electron chi connectivity index (χ1n) is 5.36. The molecule has 0 aromatic carbocycles. The zero-order chi connectivity index (χ0) is 11.9. The number of nitrogens with zero attached hydrogens (tertiary/aromatic N) is 2. The number of aromatic nitrogens is 2. The van der Waals surface area contributed by atoms with Gasteiger partial charge in [-0.3, -0.25) is 4.40 Å². The second-order valence-corrected chi connectivity index (χ2v) is 5.20. The Balaban J connectivity index is 2.77. The predicted octanol–water partition coefficient (Wildman–Crippen LogP) is 3.27. The molecule has 0 radical (unpaired) electrons. The van der Waals surface area contributed by atoms with Crippen LogP contribution >= 0.6 is 15.9 Å². The summed E-state index contributed by atoms with van der Waals surface area (Å²) >= 11 is 3.43. The van der Waals surface area contributed by atoms with Crippen LogP contribution in [-0.2, 0) is 0 Å². The molecular weight excluding hydrogens is 268 g/mol. The number of hydrogen-bond acceptors (Lipinski definition) is 2. The van der Waals surface area contributed by atoms with Gasteiger partial charge in [-0.1, -0.05) is 13.8 Å². The van der Waals surface area contributed by atoms with Crippen molar-refractivity contribution in [1.82, 2.24) is 9.38 Å². The molecule has 0 saturated carbocycles. The third-order valence-electron chi connectivity index (χ3n) is 2.59. The predicted molar refractivity (Wildman–Crippen MR) is 67.6 cm³/mol. The van der Waals surface area contributed by atoms with Gasteiger partial charge in [0, 0.05) is 10.7 Å². The van der Waals surface area contributed by atoms with E-state index in [2.05, 4.69) is 34.8 Å². The molecule has 1 N–H and O–H groups in total. The van der Waals surface area contributed by atoms with Crippen molar-refractivity contribution in [2.75, 3.05) is 0 Å². The fourth-order valence-electron chi connectivity index (χ4n) is 1.90. The van der Waals surface area contributed by atoms with Crippen molar-refractivity contribution >= 4 is 21.6 Å². The number of fused-ring (bicyclic) bond motifs is 1. The molecule has 2 aromatic heterocycles. The van der Waals surface area contributed by atoms with E-state index in [0.717, 1.165) is 21.5 Å². The van der Waals surface area contributed by atoms with Gasteiger partial charge in [0.25, 0.3) is 0 Å². The Bertz CT molecular complexity index is 517. The number of aliphatic hydroxyl groups is 1. The van der Waals surface area contributed by atoms with Gasteiger partial charge >= 0.3 is 0 Å². The molecule has 16 heavy (non-hydrogen) atoms. The Kier molecular flexibility index (Phi) is 3.04. The molecule has 0 fully saturated rings. The molecular formula is C12H15BrN2O. The molecule has 0 saturated heterocycles. The van der Waals surface area contributed by atoms with Gasteiger partial charge in [0.15, 0.2) is 0 Å². The highest BCUT2D eigenvalue weighted by Crippen LogP contribution is 2.26. The van der Waals surface area contributed by atoms with Crippen LogP contribution in [0.4, 0.5) is 0 Å². The third kappa shape index (κ3) is 1.87. The Labute approximate surface area is 103 Å². The first-order valence-corrected chi connectivity index (χ1v) is 6.15. The summed E-state index contributed by atoms with van der Waals surface area (Å²) in [7, 11) is 0. The number of hydrogen-bond donors (Lipinski definition) is 1. The van der Waals surface area contributed by atoms with Gasteiger partial charge in [0.1, 0.15) is 5.65 Å². The molecule has 0 bridgehead atoms. The van der Waals surface area contributed by atoms with Crippen molar-refractivity contribution in [2.24, 2.45) is 0 Å². The van der Waals surface area contributed by atoms with Gasteiger partial charge in [-0.15, -0.1) is 0 Å². The Morgan fingerprint density at radius 3 is 2.56 bits per heavy atom. The van der Waals surface area contributed by atoms with Crippen LogP contribution in [0.25, 0.3) is 5.65 Å². The van der Waals surface area contributed by atoms with Gasteiger partial charge in [0.2, 0.25) is 0 Å². The molecule has 2 heterocycles. The summed E-state index contributed by atoms with van der Waals surface area (Å²) in [5.74, 6) is 0.309. The molecule has 0 aliphatic carbocycles. The van der Waals surface area contributed by atoms with Crippen molar-refractivity contribution in [1.29, 1.82) is 0 Å². The molecule has 0 aliphatic rings. The molecule has 2 rings (SSSR count). The fourth-order valence-corrected chi connectivity index (χ4v) is 2.23. The van der Waals surface area contributed by atoms with Gasteiger partial charge in [-0.25, -0.2) is 4.98 Å². The smallest absolute Gasteiger partial charge is 0.137 e. The summed E-state index contributed by atoms with van der Waals surface area (Å²) in [6.07, 6.45) is 1.43. The maximum atomic E-state index is 9.86. The minimum atomic E-state index is -0.512. The van der Waals surface area contributed by atoms with E-state index in [4.69, 9.17) is 0 Å². The summed E-state index contributed by atoms with van der Waals surface area (Å²) in [5.41, 5.74) is 2.72. The standard InChI is InChI=1S/C12H15BrN2O/c1-7(2)11-12(8(3)16)15-6-9(13)4-5-10(15)14-11/h4-8,16H,1-3H3. The van der Waals surface area contributed by atoms with Crippen LogP contribution in [0, 0.1) is 0 Å². The first kappa shape index (κ1) is 11.6. The van der Waals surface area contributed by atoms with Crippen LogP contribution in [0.5, 0.6) is 0 Å². The molecule has 3 nitrogen and oxygen atoms in total. The molecule has 86 valence electrons. The van der Waals surface area contributed by atoms with E-state index in [1.165, 1.54) is 0 Å². The number of pyridine rings is 1. The minimum Gasteiger partial charge on any atom is -0.387 e. The van der Waals surface area contributed by atoms with Gasteiger partial charge in [0.05, 0.1) is 17.5 Å². The summed E-state index contributed by atoms with van der Waals surface area (Å²) in [6.45, 7) is 5.95. The molecule has 0 aliphatic heterocycles. The Hall–Kier alpha value is -0.870. The third-order valence-corrected chi connectivity index (χ3v) is 3.06. The van der Waals surface area contributed by atoms with Crippen molar-refractivity contribution in [3.8, 4) is 0 Å². The lowest BCUT2D eigenvalue weighted by Crippen LogP contribution is -2.02. The SMILES string of the molecule is CC(C)c1nc2ccc(Br)cn2c1C(C)O. The van der Waals surface area contributed by atoms with E-state index in [-0.39, 0.29) is 0 Å². The van der Waals surface area contributed by atoms with Crippen LogP contribution < -0.4 is 0 Å². The first-order chi connectivity index (χ1) is 7.50. The van der Waals surface area contributed by atoms with Gasteiger partial charge < -0.3 is 5.11 Å². The van der Waals surface area contributed by atoms with Crippen LogP contribution in [-0.4, -0.2) is 14.5 Å². The second-order valence-electron chi connectivity index (χ2n) is 4.29. The van der Waals surface area contributed by atoms with Gasteiger partial charge in [-0.2, -0.15) is 0 Å². The highest BCUT2D eigenvalue weighted by atomic mass is 79.9. The summed E-state index contributed by atoms with van der Waals surface area (Å²) in [6, 6.07) is 3.90. The van der Waals surface area contributed by atoms with Gasteiger partial charge in [-0.05, 0) is 40.9 Å². The molecule has 1 unspecified atom stereocenters. The van der Waals surface area contributed by atoms with Crippen LogP contribution in [0.2, 0.25) is 0 Å². The monoisotopic (exact) mass is 282 g/mol. The van der Waals surface area contributed by atoms with E-state index in [1.54, 1.807) is 6.92 Å². The summed E-state index contributed by atoms with van der Waals surface area (Å²) in [5, 5.41) is 9.86. The average Bonchev–Trinajstić information content (AvgIpc) is 2.55. The Morgan fingerprint density at radius 2 is 2.00 bits per heavy atom. The molecule has 0 spiro atoms. The largest absolute Gasteiger partial charge is 0.387 e. The van der Waals surface area contributed by atoms with Crippen molar-refractivity contribution in [3.05, 3.63) is 34.2 Å². The topological polar surface area (TPSA) is 37.5 Å². The highest BCUT2D eigenvalue weighted by Gasteiger charge is 2.18. The van der Waals surface area contributed by atoms with E-state index >= 15 is 0 Å². The highest BCUT2D eigenvalue weighted by molar-refractivity contribution is 9.10. The zero-order valence-corrected chi connectivity index (χ0v) is 11.2. The maximum Gasteiger partial charge on any atom is 0.137 e.